The molecule has 3 heterocycles. The molecule has 10 N–H and O–H groups in total. The molecule has 2 aliphatic heterocycles. The van der Waals surface area contributed by atoms with E-state index < -0.39 is 127 Å². The van der Waals surface area contributed by atoms with Crippen molar-refractivity contribution in [2.24, 2.45) is 17.8 Å². The number of aliphatic carboxylic acids is 1. The second-order valence-electron chi connectivity index (χ2n) is 18.0. The van der Waals surface area contributed by atoms with Crippen LogP contribution in [0.25, 0.3) is 11.0 Å². The van der Waals surface area contributed by atoms with E-state index in [2.05, 4.69) is 16.0 Å². The summed E-state index contributed by atoms with van der Waals surface area (Å²) in [6.45, 7) is 3.81. The quantitative estimate of drug-likeness (QED) is 0.0678. The first-order chi connectivity index (χ1) is 31.5. The lowest BCUT2D eigenvalue weighted by atomic mass is 9.75. The molecule has 2 aromatic rings. The lowest BCUT2D eigenvalue weighted by Gasteiger charge is -2.49. The number of carbonyl (C=O) groups excluding carboxylic acids is 3. The summed E-state index contributed by atoms with van der Waals surface area (Å²) in [5.41, 5.74) is -0.193. The average Bonchev–Trinajstić information content (AvgIpc) is 3.27. The predicted octanol–water partition coefficient (Wildman–Crippen LogP) is -0.301. The van der Waals surface area contributed by atoms with Gasteiger partial charge < -0.3 is 79.8 Å². The molecular weight excluding hydrogens is 870 g/mol. The van der Waals surface area contributed by atoms with Gasteiger partial charge in [-0.05, 0) is 55.7 Å². The van der Waals surface area contributed by atoms with Crippen LogP contribution in [0.15, 0.2) is 33.5 Å². The van der Waals surface area contributed by atoms with Gasteiger partial charge in [0.15, 0.2) is 18.7 Å². The van der Waals surface area contributed by atoms with E-state index in [1.807, 2.05) is 6.92 Å². The van der Waals surface area contributed by atoms with Crippen molar-refractivity contribution < 1.29 is 83.0 Å². The zero-order chi connectivity index (χ0) is 47.8. The molecule has 1 aromatic heterocycles. The van der Waals surface area contributed by atoms with Crippen molar-refractivity contribution in [2.75, 3.05) is 19.7 Å². The summed E-state index contributed by atoms with van der Waals surface area (Å²) >= 11 is 0. The lowest BCUT2D eigenvalue weighted by Crippen LogP contribution is -2.67. The first-order valence-corrected chi connectivity index (χ1v) is 22.9. The zero-order valence-corrected chi connectivity index (χ0v) is 37.4. The second kappa shape index (κ2) is 23.1. The van der Waals surface area contributed by atoms with E-state index in [1.54, 1.807) is 0 Å². The molecule has 2 aliphatic carbocycles. The van der Waals surface area contributed by atoms with Gasteiger partial charge in [0.05, 0.1) is 31.3 Å². The monoisotopic (exact) mass is 935 g/mol. The van der Waals surface area contributed by atoms with Crippen LogP contribution in [0.5, 0.6) is 5.75 Å². The van der Waals surface area contributed by atoms with Gasteiger partial charge >= 0.3 is 11.6 Å². The van der Waals surface area contributed by atoms with Crippen LogP contribution in [0.4, 0.5) is 0 Å². The van der Waals surface area contributed by atoms with Gasteiger partial charge in [0, 0.05) is 43.5 Å². The molecule has 4 fully saturated rings. The molecule has 6 rings (SSSR count). The van der Waals surface area contributed by atoms with E-state index in [9.17, 15) is 59.7 Å². The average molecular weight is 936 g/mol. The summed E-state index contributed by atoms with van der Waals surface area (Å²) in [6.07, 6.45) is -11.6. The highest BCUT2D eigenvalue weighted by atomic mass is 16.7. The summed E-state index contributed by atoms with van der Waals surface area (Å²) in [5, 5.41) is 82.7. The van der Waals surface area contributed by atoms with Crippen LogP contribution in [0, 0.1) is 17.8 Å². The minimum atomic E-state index is -1.70. The fraction of sp³-hybridized carbons (Fsp3) is 0.711. The molecule has 368 valence electrons. The molecule has 21 nitrogen and oxygen atoms in total. The van der Waals surface area contributed by atoms with Crippen molar-refractivity contribution in [1.29, 1.82) is 0 Å². The highest BCUT2D eigenvalue weighted by Gasteiger charge is 2.53. The van der Waals surface area contributed by atoms with Crippen molar-refractivity contribution in [2.45, 2.75) is 165 Å². The molecule has 66 heavy (non-hydrogen) atoms. The molecule has 3 amide bonds. The van der Waals surface area contributed by atoms with E-state index in [4.69, 9.17) is 28.1 Å². The van der Waals surface area contributed by atoms with Crippen LogP contribution in [-0.4, -0.2) is 159 Å². The van der Waals surface area contributed by atoms with Crippen molar-refractivity contribution in [1.82, 2.24) is 16.0 Å². The highest BCUT2D eigenvalue weighted by molar-refractivity contribution is 5.87. The number of aliphatic hydroxyl groups excluding tert-OH is 5. The molecule has 2 saturated heterocycles. The Morgan fingerprint density at radius 2 is 1.61 bits per heavy atom. The van der Waals surface area contributed by atoms with E-state index in [1.165, 1.54) is 38.1 Å². The van der Waals surface area contributed by atoms with E-state index in [-0.39, 0.29) is 56.0 Å². The normalized spacial score (nSPS) is 33.5. The van der Waals surface area contributed by atoms with Crippen LogP contribution in [0.1, 0.15) is 84.1 Å². The Balaban J connectivity index is 1.20. The van der Waals surface area contributed by atoms with E-state index >= 15 is 0 Å². The maximum absolute atomic E-state index is 13.9. The van der Waals surface area contributed by atoms with Gasteiger partial charge in [-0.2, -0.15) is 0 Å². The number of carboxylic acids is 1. The molecule has 21 heteroatoms. The van der Waals surface area contributed by atoms with Gasteiger partial charge in [-0.1, -0.05) is 45.4 Å². The molecule has 0 bridgehead atoms. The molecule has 0 radical (unpaired) electrons. The number of amides is 3. The standard InChI is InChI=1S/C45H65N3O18/c1-4-24-15-26(42(58)47-13-12-46-33(52)17-25-18-34(53)62-29-19-27(51)10-11-28(25)29)16-30(40(24)66-45-39(57)38(56)36(54)21(2)61-45)64-44-35(48-22(3)50)41(37(55)32(20-49)65-44)63-31(43(59)60)14-23-8-6-5-7-9-23/h10-11,18-19,21,23-24,26,30-32,35-41,44-45,49,51,54-57H,4-9,12-17,20H2,1-3H3,(H,46,52)(H,47,58)(H,48,50)(H,59,60)/t21-,24?,26?,30+,31-,32?,35?,36?,37-,38?,39-,40?,41?,44+,45?/m0/s1. The maximum atomic E-state index is 13.9. The summed E-state index contributed by atoms with van der Waals surface area (Å²) in [6, 6.07) is 4.05. The number of hydrogen-bond acceptors (Lipinski definition) is 17. The molecule has 1 aromatic carbocycles. The second-order valence-corrected chi connectivity index (χ2v) is 18.0. The van der Waals surface area contributed by atoms with Crippen LogP contribution >= 0.6 is 0 Å². The number of hydrogen-bond donors (Lipinski definition) is 10. The molecule has 9 unspecified atom stereocenters. The van der Waals surface area contributed by atoms with Crippen LogP contribution in [0.2, 0.25) is 0 Å². The molecular formula is C45H65N3O18. The van der Waals surface area contributed by atoms with Gasteiger partial charge in [0.2, 0.25) is 17.7 Å². The Kier molecular flexibility index (Phi) is 17.9. The fourth-order valence-corrected chi connectivity index (χ4v) is 9.71. The largest absolute Gasteiger partial charge is 0.508 e. The molecule has 2 saturated carbocycles. The minimum Gasteiger partial charge on any atom is -0.508 e. The number of ether oxygens (including phenoxy) is 5. The van der Waals surface area contributed by atoms with Gasteiger partial charge in [-0.25, -0.2) is 9.59 Å². The van der Waals surface area contributed by atoms with Gasteiger partial charge in [-0.3, -0.25) is 14.4 Å². The van der Waals surface area contributed by atoms with E-state index in [0.29, 0.717) is 17.4 Å². The maximum Gasteiger partial charge on any atom is 0.336 e. The lowest BCUT2D eigenvalue weighted by molar-refractivity contribution is -0.338. The summed E-state index contributed by atoms with van der Waals surface area (Å²) in [7, 11) is 0. The number of rotatable bonds is 18. The summed E-state index contributed by atoms with van der Waals surface area (Å²) in [5.74, 6) is -4.04. The third kappa shape index (κ3) is 12.6. The number of phenols is 1. The molecule has 0 spiro atoms. The third-order valence-electron chi connectivity index (χ3n) is 13.2. The van der Waals surface area contributed by atoms with Crippen molar-refractivity contribution >= 4 is 34.7 Å². The Labute approximate surface area is 381 Å². The minimum absolute atomic E-state index is 0.00606. The van der Waals surface area contributed by atoms with Crippen LogP contribution in [0.3, 0.4) is 0 Å². The molecule has 15 atom stereocenters. The molecule has 4 aliphatic rings. The van der Waals surface area contributed by atoms with Gasteiger partial charge in [0.1, 0.15) is 54.0 Å². The van der Waals surface area contributed by atoms with Crippen LogP contribution < -0.4 is 21.6 Å². The smallest absolute Gasteiger partial charge is 0.336 e. The fourth-order valence-electron chi connectivity index (χ4n) is 9.71. The van der Waals surface area contributed by atoms with Crippen molar-refractivity contribution in [3.63, 3.8) is 0 Å². The van der Waals surface area contributed by atoms with Crippen molar-refractivity contribution in [3.05, 3.63) is 40.2 Å². The van der Waals surface area contributed by atoms with Gasteiger partial charge in [-0.15, -0.1) is 0 Å². The van der Waals surface area contributed by atoms with Crippen molar-refractivity contribution in [3.8, 4) is 5.75 Å². The SMILES string of the molecule is CCC1CC(C(=O)NCCNC(=O)Cc2cc(=O)oc3cc(O)ccc23)C[C@@H](O[C@@H]2OC(CO)[C@H](O)C(O[C@@H](CC3CCCCC3)C(=O)O)C2NC(C)=O)C1OC1O[C@@H](C)C(O)C(O)[C@@H]1O. The zero-order valence-electron chi connectivity index (χ0n) is 37.4. The predicted molar refractivity (Wildman–Crippen MR) is 229 cm³/mol. The number of phenolic OH excluding ortho intramolecular Hbond substituents is 1. The number of carbonyl (C=O) groups is 4. The first kappa shape index (κ1) is 51.1. The number of aliphatic hydroxyl groups is 5. The number of nitrogens with one attached hydrogen (secondary N) is 3. The Bertz CT molecular complexity index is 2030. The third-order valence-corrected chi connectivity index (χ3v) is 13.2. The Morgan fingerprint density at radius 3 is 2.29 bits per heavy atom. The number of fused-ring (bicyclic) bond motifs is 1. The topological polar surface area (TPSA) is 322 Å². The first-order valence-electron chi connectivity index (χ1n) is 22.9. The highest BCUT2D eigenvalue weighted by Crippen LogP contribution is 2.40. The Morgan fingerprint density at radius 1 is 0.879 bits per heavy atom. The Hall–Kier alpha value is -4.29. The number of aromatic hydroxyl groups is 1. The van der Waals surface area contributed by atoms with Crippen LogP contribution in [-0.2, 0) is 49.3 Å². The van der Waals surface area contributed by atoms with E-state index in [0.717, 1.165) is 32.1 Å². The summed E-state index contributed by atoms with van der Waals surface area (Å²) in [4.78, 5) is 64.4. The summed E-state index contributed by atoms with van der Waals surface area (Å²) < 4.78 is 36.2. The number of benzene rings is 1. The number of carboxylic acid groups (broad SMARTS) is 1. The van der Waals surface area contributed by atoms with Gasteiger partial charge in [0.25, 0.3) is 0 Å².